The second kappa shape index (κ2) is 6.10. The van der Waals surface area contributed by atoms with Crippen molar-refractivity contribution in [3.05, 3.63) is 48.3 Å². The number of Topliss-reactive ketones (excluding diaryl/α,β-unsaturated/α-hetero) is 1. The quantitative estimate of drug-likeness (QED) is 0.779. The highest BCUT2D eigenvalue weighted by molar-refractivity contribution is 5.78. The molecule has 0 fully saturated rings. The molecule has 0 unspecified atom stereocenters. The van der Waals surface area contributed by atoms with Crippen LogP contribution in [0.4, 0.5) is 0 Å². The van der Waals surface area contributed by atoms with Gasteiger partial charge >= 0.3 is 0 Å². The van der Waals surface area contributed by atoms with Gasteiger partial charge in [0.1, 0.15) is 11.6 Å². The van der Waals surface area contributed by atoms with Crippen LogP contribution in [-0.2, 0) is 24.7 Å². The Kier molecular flexibility index (Phi) is 4.23. The predicted molar refractivity (Wildman–Crippen MR) is 69.1 cm³/mol. The van der Waals surface area contributed by atoms with Crippen LogP contribution >= 0.6 is 0 Å². The molecule has 4 nitrogen and oxygen atoms in total. The van der Waals surface area contributed by atoms with Crippen LogP contribution in [0.2, 0.25) is 0 Å². The number of carbonyl (C=O) groups is 1. The van der Waals surface area contributed by atoms with Crippen LogP contribution in [0.25, 0.3) is 0 Å². The molecule has 2 heterocycles. The molecule has 0 aliphatic rings. The molecule has 2 aromatic rings. The fourth-order valence-electron chi connectivity index (χ4n) is 1.83. The van der Waals surface area contributed by atoms with Crippen molar-refractivity contribution in [1.82, 2.24) is 14.5 Å². The molecule has 18 heavy (non-hydrogen) atoms. The zero-order valence-electron chi connectivity index (χ0n) is 10.5. The standard InChI is InChI=1S/C14H17N3O/c1-17-11-10-16-14(17)8-7-13(18)6-5-12-4-2-3-9-15-12/h2-4,9-11H,5-8H2,1H3. The molecular formula is C14H17N3O. The summed E-state index contributed by atoms with van der Waals surface area (Å²) in [7, 11) is 1.95. The fraction of sp³-hybridized carbons (Fsp3) is 0.357. The zero-order chi connectivity index (χ0) is 12.8. The third-order valence-electron chi connectivity index (χ3n) is 2.93. The van der Waals surface area contributed by atoms with E-state index in [-0.39, 0.29) is 5.78 Å². The normalized spacial score (nSPS) is 10.5. The van der Waals surface area contributed by atoms with Crippen molar-refractivity contribution in [2.75, 3.05) is 0 Å². The van der Waals surface area contributed by atoms with E-state index in [9.17, 15) is 4.79 Å². The number of hydrogen-bond donors (Lipinski definition) is 0. The van der Waals surface area contributed by atoms with Gasteiger partial charge < -0.3 is 4.57 Å². The lowest BCUT2D eigenvalue weighted by molar-refractivity contribution is -0.119. The van der Waals surface area contributed by atoms with Gasteiger partial charge in [0.15, 0.2) is 0 Å². The van der Waals surface area contributed by atoms with E-state index in [0.29, 0.717) is 19.3 Å². The first-order valence-electron chi connectivity index (χ1n) is 6.13. The Labute approximate surface area is 107 Å². The van der Waals surface area contributed by atoms with Crippen molar-refractivity contribution in [3.8, 4) is 0 Å². The smallest absolute Gasteiger partial charge is 0.133 e. The van der Waals surface area contributed by atoms with E-state index in [0.717, 1.165) is 17.9 Å². The minimum atomic E-state index is 0.267. The zero-order valence-corrected chi connectivity index (χ0v) is 10.5. The largest absolute Gasteiger partial charge is 0.338 e. The maximum atomic E-state index is 11.8. The van der Waals surface area contributed by atoms with Gasteiger partial charge in [-0.2, -0.15) is 0 Å². The van der Waals surface area contributed by atoms with Crippen molar-refractivity contribution < 1.29 is 4.79 Å². The average molecular weight is 243 g/mol. The lowest BCUT2D eigenvalue weighted by Crippen LogP contribution is -2.05. The number of ketones is 1. The van der Waals surface area contributed by atoms with Gasteiger partial charge in [0.25, 0.3) is 0 Å². The van der Waals surface area contributed by atoms with Gasteiger partial charge in [-0.15, -0.1) is 0 Å². The molecule has 0 saturated heterocycles. The molecule has 2 aromatic heterocycles. The minimum Gasteiger partial charge on any atom is -0.338 e. The highest BCUT2D eigenvalue weighted by Crippen LogP contribution is 2.04. The molecule has 2 rings (SSSR count). The molecule has 0 aliphatic heterocycles. The predicted octanol–water partition coefficient (Wildman–Crippen LogP) is 1.95. The minimum absolute atomic E-state index is 0.267. The molecule has 0 spiro atoms. The first-order valence-corrected chi connectivity index (χ1v) is 6.13. The SMILES string of the molecule is Cn1ccnc1CCC(=O)CCc1ccccn1. The van der Waals surface area contributed by atoms with E-state index in [2.05, 4.69) is 9.97 Å². The number of aromatic nitrogens is 3. The number of rotatable bonds is 6. The van der Waals surface area contributed by atoms with Gasteiger partial charge in [-0.25, -0.2) is 4.98 Å². The number of aryl methyl sites for hydroxylation is 3. The number of carbonyl (C=O) groups excluding carboxylic acids is 1. The summed E-state index contributed by atoms with van der Waals surface area (Å²) in [6.45, 7) is 0. The van der Waals surface area contributed by atoms with E-state index in [1.807, 2.05) is 36.0 Å². The third kappa shape index (κ3) is 3.52. The number of imidazole rings is 1. The van der Waals surface area contributed by atoms with Crippen molar-refractivity contribution >= 4 is 5.78 Å². The Hall–Kier alpha value is -1.97. The van der Waals surface area contributed by atoms with Gasteiger partial charge in [0.2, 0.25) is 0 Å². The molecule has 0 amide bonds. The fourth-order valence-corrected chi connectivity index (χ4v) is 1.83. The lowest BCUT2D eigenvalue weighted by Gasteiger charge is -2.02. The summed E-state index contributed by atoms with van der Waals surface area (Å²) in [6, 6.07) is 5.78. The monoisotopic (exact) mass is 243 g/mol. The van der Waals surface area contributed by atoms with Crippen molar-refractivity contribution in [2.24, 2.45) is 7.05 Å². The maximum Gasteiger partial charge on any atom is 0.133 e. The Morgan fingerprint density at radius 2 is 2.00 bits per heavy atom. The average Bonchev–Trinajstić information content (AvgIpc) is 2.81. The molecule has 0 N–H and O–H groups in total. The van der Waals surface area contributed by atoms with Crippen molar-refractivity contribution in [3.63, 3.8) is 0 Å². The first-order chi connectivity index (χ1) is 8.75. The lowest BCUT2D eigenvalue weighted by atomic mass is 10.1. The second-order valence-electron chi connectivity index (χ2n) is 4.31. The third-order valence-corrected chi connectivity index (χ3v) is 2.93. The molecule has 0 bridgehead atoms. The summed E-state index contributed by atoms with van der Waals surface area (Å²) in [6.07, 6.45) is 7.96. The first kappa shape index (κ1) is 12.5. The van der Waals surface area contributed by atoms with Crippen LogP contribution in [0, 0.1) is 0 Å². The van der Waals surface area contributed by atoms with Crippen LogP contribution in [0.1, 0.15) is 24.4 Å². The summed E-state index contributed by atoms with van der Waals surface area (Å²) >= 11 is 0. The Balaban J connectivity index is 1.75. The van der Waals surface area contributed by atoms with Crippen LogP contribution in [-0.4, -0.2) is 20.3 Å². The van der Waals surface area contributed by atoms with Crippen molar-refractivity contribution in [2.45, 2.75) is 25.7 Å². The van der Waals surface area contributed by atoms with Gasteiger partial charge in [0.05, 0.1) is 0 Å². The van der Waals surface area contributed by atoms with Crippen molar-refractivity contribution in [1.29, 1.82) is 0 Å². The van der Waals surface area contributed by atoms with Crippen LogP contribution in [0.3, 0.4) is 0 Å². The summed E-state index contributed by atoms with van der Waals surface area (Å²) < 4.78 is 1.95. The molecule has 0 radical (unpaired) electrons. The Morgan fingerprint density at radius 1 is 1.17 bits per heavy atom. The summed E-state index contributed by atoms with van der Waals surface area (Å²) in [4.78, 5) is 20.2. The molecule has 0 saturated carbocycles. The number of pyridine rings is 1. The Morgan fingerprint density at radius 3 is 2.67 bits per heavy atom. The van der Waals surface area contributed by atoms with E-state index in [1.165, 1.54) is 0 Å². The number of nitrogens with zero attached hydrogens (tertiary/aromatic N) is 3. The van der Waals surface area contributed by atoms with E-state index >= 15 is 0 Å². The summed E-state index contributed by atoms with van der Waals surface area (Å²) in [5.41, 5.74) is 0.975. The second-order valence-corrected chi connectivity index (χ2v) is 4.31. The molecule has 0 aliphatic carbocycles. The highest BCUT2D eigenvalue weighted by Gasteiger charge is 2.06. The summed E-state index contributed by atoms with van der Waals surface area (Å²) in [5.74, 6) is 1.23. The molecule has 4 heteroatoms. The van der Waals surface area contributed by atoms with Gasteiger partial charge in [-0.05, 0) is 18.6 Å². The topological polar surface area (TPSA) is 47.8 Å². The molecule has 0 aromatic carbocycles. The van der Waals surface area contributed by atoms with Crippen LogP contribution in [0.15, 0.2) is 36.8 Å². The van der Waals surface area contributed by atoms with Crippen LogP contribution in [0.5, 0.6) is 0 Å². The Bertz CT molecular complexity index is 505. The van der Waals surface area contributed by atoms with E-state index in [1.54, 1.807) is 12.4 Å². The number of hydrogen-bond acceptors (Lipinski definition) is 3. The molecule has 94 valence electrons. The van der Waals surface area contributed by atoms with Crippen LogP contribution < -0.4 is 0 Å². The van der Waals surface area contributed by atoms with Gasteiger partial charge in [-0.1, -0.05) is 6.07 Å². The maximum absolute atomic E-state index is 11.8. The molecular weight excluding hydrogens is 226 g/mol. The van der Waals surface area contributed by atoms with E-state index < -0.39 is 0 Å². The van der Waals surface area contributed by atoms with Gasteiger partial charge in [-0.3, -0.25) is 9.78 Å². The summed E-state index contributed by atoms with van der Waals surface area (Å²) in [5, 5.41) is 0. The highest BCUT2D eigenvalue weighted by atomic mass is 16.1. The molecule has 0 atom stereocenters. The van der Waals surface area contributed by atoms with Gasteiger partial charge in [0, 0.05) is 50.6 Å². The van der Waals surface area contributed by atoms with E-state index in [4.69, 9.17) is 0 Å².